The van der Waals surface area contributed by atoms with Gasteiger partial charge in [0.15, 0.2) is 0 Å². The molecule has 8 bridgehead atoms. The molecule has 0 radical (unpaired) electrons. The lowest BCUT2D eigenvalue weighted by molar-refractivity contribution is 0.229. The van der Waals surface area contributed by atoms with Crippen molar-refractivity contribution in [1.82, 2.24) is 0 Å². The predicted octanol–water partition coefficient (Wildman–Crippen LogP) is 39.8. The molecule has 738 valence electrons. The Bertz CT molecular complexity index is 6500. The van der Waals surface area contributed by atoms with Crippen molar-refractivity contribution in [2.75, 3.05) is 9.80 Å². The van der Waals surface area contributed by atoms with Crippen LogP contribution in [0.1, 0.15) is 385 Å². The fraction of sp³-hybridized carbons (Fsp3) is 0.514. The van der Waals surface area contributed by atoms with Crippen LogP contribution in [0, 0.1) is 94.7 Å². The van der Waals surface area contributed by atoms with E-state index in [0.29, 0.717) is 23.7 Å². The average Bonchev–Trinajstić information content (AvgIpc) is 1.42. The van der Waals surface area contributed by atoms with Gasteiger partial charge in [0.25, 0.3) is 0 Å². The lowest BCUT2D eigenvalue weighted by atomic mass is 9.70. The van der Waals surface area contributed by atoms with Crippen LogP contribution in [0.5, 0.6) is 0 Å². The molecule has 12 aromatic rings. The van der Waals surface area contributed by atoms with Gasteiger partial charge in [-0.15, -0.1) is 0 Å². The minimum Gasteiger partial charge on any atom is -0.309 e. The van der Waals surface area contributed by atoms with E-state index in [-0.39, 0.29) is 43.3 Å². The Labute approximate surface area is 856 Å². The van der Waals surface area contributed by atoms with Gasteiger partial charge in [-0.3, -0.25) is 0 Å². The zero-order chi connectivity index (χ0) is 98.8. The first-order valence-electron chi connectivity index (χ1n) is 57.2. The zero-order valence-electron chi connectivity index (χ0n) is 91.4. The average molecular weight is 1880 g/mol. The van der Waals surface area contributed by atoms with E-state index in [1.165, 1.54) is 284 Å². The zero-order valence-corrected chi connectivity index (χ0v) is 91.4. The van der Waals surface area contributed by atoms with Crippen molar-refractivity contribution in [3.05, 3.63) is 285 Å². The Morgan fingerprint density at radius 3 is 0.676 bits per heavy atom. The molecule has 142 heavy (non-hydrogen) atoms. The van der Waals surface area contributed by atoms with Gasteiger partial charge >= 0.3 is 0 Å². The molecule has 12 aliphatic carbocycles. The Hall–Kier alpha value is -9.24. The van der Waals surface area contributed by atoms with Gasteiger partial charge in [-0.05, 0) is 454 Å². The SMILES string of the molecule is CC(C)(C)c1cc(-c2cc(-c3cc(C(C)(C)C)cc(C(C)(C)C)c3)cc(N(c3cc(C4CC5CC4C4CCCC54)cc(C4CC5CC4C4CCCC54)c3)c3c4ccccc4c(N(c4cc(-c5cc(C(C)(C)C)cc(C(C)(C)C)c5)cc(-c5cc(C(C)(C)C)cc(C(C)(C)C)c5)c4)c4cc(C5CC6CC5C5CCCC65)cc(C5CC6CC5C5CCCC65)c4)c4cc(-c5ccccc5)ccc34)c2)cc(C(C)(C)C)c1. The van der Waals surface area contributed by atoms with E-state index in [0.717, 1.165) is 94.7 Å². The maximum absolute atomic E-state index is 2.99. The van der Waals surface area contributed by atoms with Gasteiger partial charge in [0.2, 0.25) is 0 Å². The molecular formula is C140H168N2. The molecule has 20 unspecified atom stereocenters. The molecule has 12 saturated carbocycles. The summed E-state index contributed by atoms with van der Waals surface area (Å²) in [6, 6.07) is 94.2. The predicted molar refractivity (Wildman–Crippen MR) is 607 cm³/mol. The molecule has 0 heterocycles. The van der Waals surface area contributed by atoms with Crippen molar-refractivity contribution in [2.24, 2.45) is 94.7 Å². The number of rotatable bonds is 15. The number of benzene rings is 12. The molecule has 0 spiro atoms. The van der Waals surface area contributed by atoms with Crippen LogP contribution in [0.4, 0.5) is 34.1 Å². The van der Waals surface area contributed by atoms with Gasteiger partial charge in [0.05, 0.1) is 11.4 Å². The summed E-state index contributed by atoms with van der Waals surface area (Å²) in [6.45, 7) is 58.6. The van der Waals surface area contributed by atoms with Crippen LogP contribution in [0.25, 0.3) is 77.2 Å². The second kappa shape index (κ2) is 34.2. The largest absolute Gasteiger partial charge is 0.309 e. The molecule has 20 atom stereocenters. The van der Waals surface area contributed by atoms with Gasteiger partial charge in [0.1, 0.15) is 0 Å². The molecule has 0 amide bonds. The molecule has 12 fully saturated rings. The first-order chi connectivity index (χ1) is 67.3. The highest BCUT2D eigenvalue weighted by atomic mass is 15.2. The summed E-state index contributed by atoms with van der Waals surface area (Å²) in [7, 11) is 0. The topological polar surface area (TPSA) is 6.48 Å². The maximum atomic E-state index is 2.99. The summed E-state index contributed by atoms with van der Waals surface area (Å²) in [5.74, 6) is 15.2. The number of anilines is 6. The van der Waals surface area contributed by atoms with E-state index in [1.807, 2.05) is 0 Å². The van der Waals surface area contributed by atoms with Crippen LogP contribution in [0.15, 0.2) is 218 Å². The van der Waals surface area contributed by atoms with Gasteiger partial charge in [0, 0.05) is 44.3 Å². The van der Waals surface area contributed by atoms with E-state index in [2.05, 4.69) is 394 Å². The van der Waals surface area contributed by atoms with E-state index in [4.69, 9.17) is 0 Å². The molecule has 0 N–H and O–H groups in total. The third-order valence-corrected chi connectivity index (χ3v) is 40.7. The summed E-state index contributed by atoms with van der Waals surface area (Å²) in [4.78, 5) is 5.96. The standard InChI is InChI=1S/C140H168N2/c1-133(2,3)99-52-87(53-100(77-99)134(4,5)6)83-48-84(88-54-101(135(7,8)9)78-102(55-88)136(10,11)12)61-107(60-83)141(109-64-91(122-69-95-73-126(122)115-42-30-38-111(95)115)50-92(65-109)123-70-96-74-127(123)116-43-31-39-112(96)116)131-119-36-28-29-37-120(119)132(130-68-82(46-47-121(130)131)81-34-26-25-27-35-81)142(110-66-93(124-71-97-75-128(124)117-44-32-40-113(97)117)51-94(67-110)125-72-98-76-129(125)118-45-33-41-114(98)118)108-62-85(89-56-103(137(13,14)15)79-104(57-89)138(16,17)18)49-86(63-108)90-58-105(139(19,20)21)80-106(59-90)140(22,23)24/h25-29,34-37,46-68,77-80,95-98,111-118,122-129H,30-33,38-45,69-76H2,1-24H3. The Balaban J connectivity index is 0.853. The van der Waals surface area contributed by atoms with Gasteiger partial charge in [-0.1, -0.05) is 344 Å². The molecule has 0 aromatic heterocycles. The summed E-state index contributed by atoms with van der Waals surface area (Å²) in [6.07, 6.45) is 27.9. The van der Waals surface area contributed by atoms with Gasteiger partial charge < -0.3 is 9.80 Å². The minimum atomic E-state index is -0.112. The molecule has 0 saturated heterocycles. The van der Waals surface area contributed by atoms with Crippen molar-refractivity contribution in [2.45, 2.75) is 362 Å². The summed E-state index contributed by atoms with van der Waals surface area (Å²) in [5.41, 5.74) is 37.1. The first-order valence-corrected chi connectivity index (χ1v) is 57.2. The van der Waals surface area contributed by atoms with Crippen molar-refractivity contribution >= 4 is 55.7 Å². The Kier molecular flexibility index (Phi) is 22.9. The highest BCUT2D eigenvalue weighted by Gasteiger charge is 2.59. The highest BCUT2D eigenvalue weighted by molar-refractivity contribution is 6.24. The quantitative estimate of drug-likeness (QED) is 0.0746. The number of fused-ring (bicyclic) bond motifs is 22. The number of nitrogens with zero attached hydrogens (tertiary/aromatic N) is 2. The smallest absolute Gasteiger partial charge is 0.0620 e. The summed E-state index contributed by atoms with van der Waals surface area (Å²) < 4.78 is 0. The molecule has 2 nitrogen and oxygen atoms in total. The monoisotopic (exact) mass is 1880 g/mol. The fourth-order valence-electron chi connectivity index (χ4n) is 33.3. The molecule has 24 rings (SSSR count). The van der Waals surface area contributed by atoms with Crippen LogP contribution in [-0.2, 0) is 43.3 Å². The summed E-state index contributed by atoms with van der Waals surface area (Å²) >= 11 is 0. The van der Waals surface area contributed by atoms with E-state index in [1.54, 1.807) is 22.3 Å². The second-order valence-electron chi connectivity index (χ2n) is 57.5. The normalized spacial score (nSPS) is 28.1. The van der Waals surface area contributed by atoms with E-state index < -0.39 is 0 Å². The van der Waals surface area contributed by atoms with E-state index in [9.17, 15) is 0 Å². The first kappa shape index (κ1) is 95.0. The van der Waals surface area contributed by atoms with Gasteiger partial charge in [-0.2, -0.15) is 0 Å². The van der Waals surface area contributed by atoms with Crippen molar-refractivity contribution in [3.8, 4) is 55.6 Å². The third-order valence-electron chi connectivity index (χ3n) is 40.7. The van der Waals surface area contributed by atoms with E-state index >= 15 is 0 Å². The minimum absolute atomic E-state index is 0.110. The van der Waals surface area contributed by atoms with Crippen LogP contribution in [-0.4, -0.2) is 0 Å². The maximum Gasteiger partial charge on any atom is 0.0620 e. The van der Waals surface area contributed by atoms with Gasteiger partial charge in [-0.25, -0.2) is 0 Å². The molecule has 12 aromatic carbocycles. The highest BCUT2D eigenvalue weighted by Crippen LogP contribution is 2.70. The van der Waals surface area contributed by atoms with Crippen LogP contribution < -0.4 is 9.80 Å². The summed E-state index contributed by atoms with van der Waals surface area (Å²) in [5, 5.41) is 5.13. The van der Waals surface area contributed by atoms with Crippen molar-refractivity contribution < 1.29 is 0 Å². The Morgan fingerprint density at radius 1 is 0.176 bits per heavy atom. The van der Waals surface area contributed by atoms with Crippen molar-refractivity contribution in [1.29, 1.82) is 0 Å². The number of hydrogen-bond acceptors (Lipinski definition) is 2. The second-order valence-corrected chi connectivity index (χ2v) is 57.5. The van der Waals surface area contributed by atoms with Crippen LogP contribution >= 0.6 is 0 Å². The third kappa shape index (κ3) is 16.7. The Morgan fingerprint density at radius 2 is 0.408 bits per heavy atom. The molecule has 2 heteroatoms. The molecular weight excluding hydrogens is 1710 g/mol. The fourth-order valence-corrected chi connectivity index (χ4v) is 33.3. The van der Waals surface area contributed by atoms with Crippen LogP contribution in [0.3, 0.4) is 0 Å². The molecule has 12 aliphatic rings. The number of hydrogen-bond donors (Lipinski definition) is 0. The van der Waals surface area contributed by atoms with Crippen LogP contribution in [0.2, 0.25) is 0 Å². The molecule has 0 aliphatic heterocycles. The lowest BCUT2D eigenvalue weighted by Crippen LogP contribution is -2.25. The van der Waals surface area contributed by atoms with Crippen molar-refractivity contribution in [3.63, 3.8) is 0 Å². The lowest BCUT2D eigenvalue weighted by Gasteiger charge is -2.37.